The van der Waals surface area contributed by atoms with E-state index < -0.39 is 23.0 Å². The Morgan fingerprint density at radius 2 is 1.74 bits per heavy atom. The number of aliphatic carboxylic acids is 1. The average molecular weight is 316 g/mol. The van der Waals surface area contributed by atoms with Gasteiger partial charge in [-0.15, -0.1) is 0 Å². The van der Waals surface area contributed by atoms with Gasteiger partial charge in [-0.3, -0.25) is 10.1 Å². The number of nitro groups is 1. The summed E-state index contributed by atoms with van der Waals surface area (Å²) in [6.07, 6.45) is -1.67. The number of hydrogen-bond acceptors (Lipinski definition) is 5. The van der Waals surface area contributed by atoms with Gasteiger partial charge >= 0.3 is 5.97 Å². The van der Waals surface area contributed by atoms with Crippen LogP contribution in [0.25, 0.3) is 0 Å². The summed E-state index contributed by atoms with van der Waals surface area (Å²) in [7, 11) is 0. The first kappa shape index (κ1) is 16.6. The molecule has 0 saturated heterocycles. The van der Waals surface area contributed by atoms with Gasteiger partial charge in [0.1, 0.15) is 0 Å². The van der Waals surface area contributed by atoms with Crippen LogP contribution < -0.4 is 5.32 Å². The van der Waals surface area contributed by atoms with Gasteiger partial charge in [-0.1, -0.05) is 42.5 Å². The van der Waals surface area contributed by atoms with Crippen molar-refractivity contribution in [3.8, 4) is 0 Å². The summed E-state index contributed by atoms with van der Waals surface area (Å²) in [5, 5.41) is 32.6. The maximum absolute atomic E-state index is 11.1. The highest BCUT2D eigenvalue weighted by Crippen LogP contribution is 2.21. The van der Waals surface area contributed by atoms with E-state index in [4.69, 9.17) is 5.11 Å². The van der Waals surface area contributed by atoms with Crippen molar-refractivity contribution in [3.63, 3.8) is 0 Å². The van der Waals surface area contributed by atoms with Crippen LogP contribution in [0.2, 0.25) is 0 Å². The molecule has 23 heavy (non-hydrogen) atoms. The minimum absolute atomic E-state index is 0.0969. The van der Waals surface area contributed by atoms with Crippen LogP contribution in [0.15, 0.2) is 54.6 Å². The number of nitro benzene ring substituents is 1. The standard InChI is InChI=1S/C16H16N2O5/c19-15(16(20)21)14(17-10-11-4-2-1-3-5-11)12-6-8-13(9-7-12)18(22)23/h1-9,14-15,17,19H,10H2,(H,20,21)/t14-,15+/m1/s1. The first-order chi connectivity index (χ1) is 11.0. The highest BCUT2D eigenvalue weighted by Gasteiger charge is 2.27. The second-order valence-corrected chi connectivity index (χ2v) is 4.98. The number of non-ortho nitro benzene ring substituents is 1. The van der Waals surface area contributed by atoms with Gasteiger partial charge < -0.3 is 15.5 Å². The summed E-state index contributed by atoms with van der Waals surface area (Å²) >= 11 is 0. The van der Waals surface area contributed by atoms with Gasteiger partial charge in [0.2, 0.25) is 0 Å². The molecule has 0 aliphatic carbocycles. The van der Waals surface area contributed by atoms with Crippen LogP contribution in [0.1, 0.15) is 17.2 Å². The van der Waals surface area contributed by atoms with E-state index in [0.29, 0.717) is 12.1 Å². The maximum atomic E-state index is 11.1. The Hall–Kier alpha value is -2.77. The number of rotatable bonds is 7. The van der Waals surface area contributed by atoms with E-state index in [-0.39, 0.29) is 5.69 Å². The number of nitrogens with zero attached hydrogens (tertiary/aromatic N) is 1. The molecular weight excluding hydrogens is 300 g/mol. The lowest BCUT2D eigenvalue weighted by molar-refractivity contribution is -0.384. The molecule has 0 aliphatic rings. The van der Waals surface area contributed by atoms with Gasteiger partial charge in [0.25, 0.3) is 5.69 Å². The predicted molar refractivity (Wildman–Crippen MR) is 82.8 cm³/mol. The molecule has 0 fully saturated rings. The largest absolute Gasteiger partial charge is 0.479 e. The van der Waals surface area contributed by atoms with Crippen molar-refractivity contribution in [2.75, 3.05) is 0 Å². The Kier molecular flexibility index (Phi) is 5.40. The lowest BCUT2D eigenvalue weighted by Gasteiger charge is -2.22. The summed E-state index contributed by atoms with van der Waals surface area (Å²) in [5.74, 6) is -1.37. The second kappa shape index (κ2) is 7.48. The molecule has 2 rings (SSSR count). The molecule has 3 N–H and O–H groups in total. The lowest BCUT2D eigenvalue weighted by atomic mass is 10.0. The molecule has 0 spiro atoms. The van der Waals surface area contributed by atoms with Gasteiger partial charge in [0, 0.05) is 18.7 Å². The molecule has 0 aromatic heterocycles. The van der Waals surface area contributed by atoms with E-state index in [9.17, 15) is 20.0 Å². The van der Waals surface area contributed by atoms with E-state index in [1.807, 2.05) is 30.3 Å². The minimum atomic E-state index is -1.67. The zero-order chi connectivity index (χ0) is 16.8. The summed E-state index contributed by atoms with van der Waals surface area (Å²) in [4.78, 5) is 21.2. The number of nitrogens with one attached hydrogen (secondary N) is 1. The van der Waals surface area contributed by atoms with E-state index in [1.54, 1.807) is 0 Å². The number of hydrogen-bond donors (Lipinski definition) is 3. The fourth-order valence-corrected chi connectivity index (χ4v) is 2.18. The van der Waals surface area contributed by atoms with Gasteiger partial charge in [-0.2, -0.15) is 0 Å². The van der Waals surface area contributed by atoms with Crippen LogP contribution in [-0.2, 0) is 11.3 Å². The van der Waals surface area contributed by atoms with Crippen LogP contribution in [-0.4, -0.2) is 27.2 Å². The molecule has 0 amide bonds. The first-order valence-corrected chi connectivity index (χ1v) is 6.91. The average Bonchev–Trinajstić information content (AvgIpc) is 2.56. The Morgan fingerprint density at radius 1 is 1.13 bits per heavy atom. The van der Waals surface area contributed by atoms with Crippen LogP contribution in [0.4, 0.5) is 5.69 Å². The number of carboxylic acid groups (broad SMARTS) is 1. The third-order valence-electron chi connectivity index (χ3n) is 3.40. The molecule has 0 heterocycles. The molecule has 7 nitrogen and oxygen atoms in total. The lowest BCUT2D eigenvalue weighted by Crippen LogP contribution is -2.37. The normalized spacial score (nSPS) is 13.3. The first-order valence-electron chi connectivity index (χ1n) is 6.91. The van der Waals surface area contributed by atoms with E-state index in [0.717, 1.165) is 5.56 Å². The summed E-state index contributed by atoms with van der Waals surface area (Å²) in [5.41, 5.74) is 1.29. The van der Waals surface area contributed by atoms with Gasteiger partial charge in [0.05, 0.1) is 11.0 Å². The van der Waals surface area contributed by atoms with Crippen molar-refractivity contribution in [1.82, 2.24) is 5.32 Å². The number of aliphatic hydroxyl groups is 1. The highest BCUT2D eigenvalue weighted by atomic mass is 16.6. The summed E-state index contributed by atoms with van der Waals surface area (Å²) < 4.78 is 0. The number of carboxylic acids is 1. The monoisotopic (exact) mass is 316 g/mol. The van der Waals surface area contributed by atoms with Crippen LogP contribution in [0, 0.1) is 10.1 Å². The molecule has 0 aliphatic heterocycles. The molecule has 0 bridgehead atoms. The fourth-order valence-electron chi connectivity index (χ4n) is 2.18. The predicted octanol–water partition coefficient (Wildman–Crippen LogP) is 1.87. The second-order valence-electron chi connectivity index (χ2n) is 4.98. The van der Waals surface area contributed by atoms with Crippen molar-refractivity contribution in [2.45, 2.75) is 18.7 Å². The van der Waals surface area contributed by atoms with E-state index in [1.165, 1.54) is 24.3 Å². The van der Waals surface area contributed by atoms with Crippen molar-refractivity contribution in [2.24, 2.45) is 0 Å². The molecule has 2 aromatic carbocycles. The topological polar surface area (TPSA) is 113 Å². The zero-order valence-electron chi connectivity index (χ0n) is 12.1. The summed E-state index contributed by atoms with van der Waals surface area (Å²) in [6.45, 7) is 0.354. The van der Waals surface area contributed by atoms with Crippen LogP contribution in [0.3, 0.4) is 0 Å². The maximum Gasteiger partial charge on any atom is 0.334 e. The Bertz CT molecular complexity index is 673. The fraction of sp³-hybridized carbons (Fsp3) is 0.188. The molecule has 120 valence electrons. The van der Waals surface area contributed by atoms with Crippen molar-refractivity contribution < 1.29 is 19.9 Å². The quantitative estimate of drug-likeness (QED) is 0.531. The molecule has 7 heteroatoms. The Balaban J connectivity index is 2.19. The van der Waals surface area contributed by atoms with Gasteiger partial charge in [-0.25, -0.2) is 4.79 Å². The Morgan fingerprint density at radius 3 is 2.26 bits per heavy atom. The Labute approximate surface area is 132 Å². The molecular formula is C16H16N2O5. The SMILES string of the molecule is O=C(O)[C@@H](O)[C@H](NCc1ccccc1)c1ccc([N+](=O)[O-])cc1. The third-order valence-corrected chi connectivity index (χ3v) is 3.40. The molecule has 0 unspecified atom stereocenters. The van der Waals surface area contributed by atoms with Crippen molar-refractivity contribution in [3.05, 3.63) is 75.8 Å². The number of carbonyl (C=O) groups is 1. The van der Waals surface area contributed by atoms with Crippen LogP contribution in [0.5, 0.6) is 0 Å². The number of aliphatic hydroxyl groups excluding tert-OH is 1. The van der Waals surface area contributed by atoms with Gasteiger partial charge in [-0.05, 0) is 11.1 Å². The zero-order valence-corrected chi connectivity index (χ0v) is 12.1. The van der Waals surface area contributed by atoms with E-state index in [2.05, 4.69) is 5.32 Å². The molecule has 2 atom stereocenters. The summed E-state index contributed by atoms with van der Waals surface area (Å²) in [6, 6.07) is 13.9. The molecule has 0 saturated carbocycles. The number of benzene rings is 2. The van der Waals surface area contributed by atoms with Gasteiger partial charge in [0.15, 0.2) is 6.10 Å². The molecule has 2 aromatic rings. The van der Waals surface area contributed by atoms with Crippen molar-refractivity contribution in [1.29, 1.82) is 0 Å². The molecule has 0 radical (unpaired) electrons. The highest BCUT2D eigenvalue weighted by molar-refractivity contribution is 5.73. The smallest absolute Gasteiger partial charge is 0.334 e. The van der Waals surface area contributed by atoms with E-state index >= 15 is 0 Å². The van der Waals surface area contributed by atoms with Crippen molar-refractivity contribution >= 4 is 11.7 Å². The van der Waals surface area contributed by atoms with Crippen LogP contribution >= 0.6 is 0 Å². The third kappa shape index (κ3) is 4.35. The minimum Gasteiger partial charge on any atom is -0.479 e.